The molecule has 0 amide bonds. The molecular weight excluding hydrogens is 228 g/mol. The minimum absolute atomic E-state index is 0.568. The second-order valence-electron chi connectivity index (χ2n) is 4.49. The van der Waals surface area contributed by atoms with Gasteiger partial charge in [-0.3, -0.25) is 0 Å². The zero-order valence-corrected chi connectivity index (χ0v) is 11.3. The van der Waals surface area contributed by atoms with E-state index >= 15 is 0 Å². The van der Waals surface area contributed by atoms with Crippen LogP contribution in [0, 0.1) is 6.92 Å². The van der Waals surface area contributed by atoms with Crippen LogP contribution in [0.15, 0.2) is 29.6 Å². The van der Waals surface area contributed by atoms with Crippen LogP contribution in [-0.4, -0.2) is 4.98 Å². The summed E-state index contributed by atoms with van der Waals surface area (Å²) in [5.74, 6) is 0.568. The summed E-state index contributed by atoms with van der Waals surface area (Å²) >= 11 is 1.70. The van der Waals surface area contributed by atoms with Gasteiger partial charge < -0.3 is 5.32 Å². The zero-order chi connectivity index (χ0) is 12.3. The van der Waals surface area contributed by atoms with Crippen LogP contribution in [0.4, 0.5) is 5.69 Å². The first-order valence-corrected chi connectivity index (χ1v) is 6.78. The van der Waals surface area contributed by atoms with Crippen molar-refractivity contribution in [2.24, 2.45) is 0 Å². The van der Waals surface area contributed by atoms with E-state index < -0.39 is 0 Å². The number of aromatic nitrogens is 1. The Morgan fingerprint density at radius 1 is 1.35 bits per heavy atom. The molecule has 0 saturated heterocycles. The van der Waals surface area contributed by atoms with Crippen molar-refractivity contribution < 1.29 is 0 Å². The van der Waals surface area contributed by atoms with Gasteiger partial charge in [-0.05, 0) is 30.5 Å². The normalized spacial score (nSPS) is 10.8. The Balaban J connectivity index is 2.01. The number of nitrogens with one attached hydrogen (secondary N) is 1. The highest BCUT2D eigenvalue weighted by atomic mass is 32.1. The van der Waals surface area contributed by atoms with Crippen molar-refractivity contribution in [1.82, 2.24) is 4.98 Å². The van der Waals surface area contributed by atoms with E-state index in [0.717, 1.165) is 17.2 Å². The topological polar surface area (TPSA) is 24.9 Å². The van der Waals surface area contributed by atoms with Crippen LogP contribution in [0.1, 0.15) is 36.0 Å². The van der Waals surface area contributed by atoms with Gasteiger partial charge in [0.15, 0.2) is 0 Å². The Bertz CT molecular complexity index is 488. The van der Waals surface area contributed by atoms with E-state index in [4.69, 9.17) is 0 Å². The summed E-state index contributed by atoms with van der Waals surface area (Å²) in [5, 5.41) is 6.64. The van der Waals surface area contributed by atoms with Crippen LogP contribution in [-0.2, 0) is 6.54 Å². The highest BCUT2D eigenvalue weighted by molar-refractivity contribution is 7.09. The van der Waals surface area contributed by atoms with Gasteiger partial charge in [0.25, 0.3) is 0 Å². The maximum atomic E-state index is 4.44. The third kappa shape index (κ3) is 3.30. The van der Waals surface area contributed by atoms with Crippen LogP contribution in [0.3, 0.4) is 0 Å². The van der Waals surface area contributed by atoms with Gasteiger partial charge in [-0.1, -0.05) is 26.0 Å². The molecule has 17 heavy (non-hydrogen) atoms. The molecule has 0 unspecified atom stereocenters. The zero-order valence-electron chi connectivity index (χ0n) is 10.5. The SMILES string of the molecule is Cc1nc(CNc2cccc(C(C)C)c2)cs1. The van der Waals surface area contributed by atoms with E-state index in [0.29, 0.717) is 5.92 Å². The van der Waals surface area contributed by atoms with Gasteiger partial charge in [0.2, 0.25) is 0 Å². The average molecular weight is 246 g/mol. The lowest BCUT2D eigenvalue weighted by molar-refractivity contribution is 0.866. The molecule has 0 radical (unpaired) electrons. The van der Waals surface area contributed by atoms with E-state index in [1.807, 2.05) is 6.92 Å². The maximum absolute atomic E-state index is 4.44. The molecule has 0 saturated carbocycles. The first-order valence-electron chi connectivity index (χ1n) is 5.90. The molecule has 3 heteroatoms. The molecule has 1 heterocycles. The minimum atomic E-state index is 0.568. The molecule has 0 spiro atoms. The number of aryl methyl sites for hydroxylation is 1. The molecule has 90 valence electrons. The molecule has 2 rings (SSSR count). The monoisotopic (exact) mass is 246 g/mol. The largest absolute Gasteiger partial charge is 0.379 e. The molecule has 2 aromatic rings. The maximum Gasteiger partial charge on any atom is 0.0898 e. The van der Waals surface area contributed by atoms with Gasteiger partial charge >= 0.3 is 0 Å². The van der Waals surface area contributed by atoms with E-state index in [2.05, 4.69) is 53.8 Å². The second kappa shape index (κ2) is 5.32. The number of rotatable bonds is 4. The highest BCUT2D eigenvalue weighted by Crippen LogP contribution is 2.19. The fourth-order valence-corrected chi connectivity index (χ4v) is 2.30. The van der Waals surface area contributed by atoms with Crippen LogP contribution in [0.25, 0.3) is 0 Å². The summed E-state index contributed by atoms with van der Waals surface area (Å²) < 4.78 is 0. The minimum Gasteiger partial charge on any atom is -0.379 e. The van der Waals surface area contributed by atoms with Crippen LogP contribution in [0.5, 0.6) is 0 Å². The molecule has 0 aliphatic carbocycles. The summed E-state index contributed by atoms with van der Waals surface area (Å²) in [6.45, 7) is 7.26. The van der Waals surface area contributed by atoms with Crippen LogP contribution >= 0.6 is 11.3 Å². The number of benzene rings is 1. The van der Waals surface area contributed by atoms with Crippen molar-refractivity contribution in [3.63, 3.8) is 0 Å². The third-order valence-corrected chi connectivity index (χ3v) is 3.52. The third-order valence-electron chi connectivity index (χ3n) is 2.69. The van der Waals surface area contributed by atoms with Gasteiger partial charge in [-0.15, -0.1) is 11.3 Å². The number of hydrogen-bond donors (Lipinski definition) is 1. The smallest absolute Gasteiger partial charge is 0.0898 e. The van der Waals surface area contributed by atoms with Gasteiger partial charge in [0.05, 0.1) is 17.2 Å². The number of anilines is 1. The molecule has 2 nitrogen and oxygen atoms in total. The Morgan fingerprint density at radius 2 is 2.18 bits per heavy atom. The Kier molecular flexibility index (Phi) is 3.79. The van der Waals surface area contributed by atoms with E-state index in [9.17, 15) is 0 Å². The summed E-state index contributed by atoms with van der Waals surface area (Å²) in [6, 6.07) is 8.59. The summed E-state index contributed by atoms with van der Waals surface area (Å²) in [6.07, 6.45) is 0. The van der Waals surface area contributed by atoms with Gasteiger partial charge in [-0.25, -0.2) is 4.98 Å². The number of thiazole rings is 1. The molecule has 1 aromatic carbocycles. The molecule has 0 aliphatic rings. The standard InChI is InChI=1S/C14H18N2S/c1-10(2)12-5-4-6-13(7-12)15-8-14-9-17-11(3)16-14/h4-7,9-10,15H,8H2,1-3H3. The molecule has 1 N–H and O–H groups in total. The number of hydrogen-bond acceptors (Lipinski definition) is 3. The average Bonchev–Trinajstić information content (AvgIpc) is 2.73. The molecule has 0 aliphatic heterocycles. The lowest BCUT2D eigenvalue weighted by atomic mass is 10.0. The molecular formula is C14H18N2S. The Hall–Kier alpha value is -1.35. The summed E-state index contributed by atoms with van der Waals surface area (Å²) in [7, 11) is 0. The van der Waals surface area contributed by atoms with Gasteiger partial charge in [0.1, 0.15) is 0 Å². The lowest BCUT2D eigenvalue weighted by Gasteiger charge is -2.09. The molecule has 0 atom stereocenters. The first-order chi connectivity index (χ1) is 8.15. The lowest BCUT2D eigenvalue weighted by Crippen LogP contribution is -2.00. The van der Waals surface area contributed by atoms with Crippen molar-refractivity contribution in [3.8, 4) is 0 Å². The second-order valence-corrected chi connectivity index (χ2v) is 5.55. The highest BCUT2D eigenvalue weighted by Gasteiger charge is 2.01. The van der Waals surface area contributed by atoms with E-state index in [-0.39, 0.29) is 0 Å². The molecule has 1 aromatic heterocycles. The Labute approximate surface area is 107 Å². The Morgan fingerprint density at radius 3 is 2.82 bits per heavy atom. The van der Waals surface area contributed by atoms with E-state index in [1.54, 1.807) is 11.3 Å². The summed E-state index contributed by atoms with van der Waals surface area (Å²) in [5.41, 5.74) is 3.65. The fraction of sp³-hybridized carbons (Fsp3) is 0.357. The van der Waals surface area contributed by atoms with Crippen LogP contribution in [0.2, 0.25) is 0 Å². The van der Waals surface area contributed by atoms with Gasteiger partial charge in [-0.2, -0.15) is 0 Å². The van der Waals surface area contributed by atoms with Crippen molar-refractivity contribution in [2.45, 2.75) is 33.2 Å². The molecule has 0 fully saturated rings. The number of nitrogens with zero attached hydrogens (tertiary/aromatic N) is 1. The predicted molar refractivity (Wildman–Crippen MR) is 74.7 cm³/mol. The van der Waals surface area contributed by atoms with Crippen molar-refractivity contribution in [1.29, 1.82) is 0 Å². The van der Waals surface area contributed by atoms with E-state index in [1.165, 1.54) is 11.3 Å². The van der Waals surface area contributed by atoms with Crippen LogP contribution < -0.4 is 5.32 Å². The quantitative estimate of drug-likeness (QED) is 0.875. The summed E-state index contributed by atoms with van der Waals surface area (Å²) in [4.78, 5) is 4.44. The first kappa shape index (κ1) is 12.1. The van der Waals surface area contributed by atoms with Gasteiger partial charge in [0, 0.05) is 11.1 Å². The molecule has 0 bridgehead atoms. The van der Waals surface area contributed by atoms with Crippen molar-refractivity contribution >= 4 is 17.0 Å². The van der Waals surface area contributed by atoms with Crippen molar-refractivity contribution in [2.75, 3.05) is 5.32 Å². The fourth-order valence-electron chi connectivity index (χ4n) is 1.69. The van der Waals surface area contributed by atoms with Crippen molar-refractivity contribution in [3.05, 3.63) is 45.9 Å². The predicted octanol–water partition coefficient (Wildman–Crippen LogP) is 4.19.